The van der Waals surface area contributed by atoms with E-state index >= 15 is 0 Å². The zero-order valence-electron chi connectivity index (χ0n) is 11.1. The summed E-state index contributed by atoms with van der Waals surface area (Å²) in [5.41, 5.74) is 0. The van der Waals surface area contributed by atoms with Crippen molar-refractivity contribution in [1.29, 1.82) is 0 Å². The van der Waals surface area contributed by atoms with Crippen molar-refractivity contribution in [3.63, 3.8) is 0 Å². The Morgan fingerprint density at radius 2 is 2.39 bits per heavy atom. The van der Waals surface area contributed by atoms with Gasteiger partial charge in [-0.05, 0) is 44.4 Å². The summed E-state index contributed by atoms with van der Waals surface area (Å²) in [6.07, 6.45) is 2.43. The maximum atomic E-state index is 10.7. The normalized spacial score (nSPS) is 22.2. The maximum absolute atomic E-state index is 10.7. The van der Waals surface area contributed by atoms with Gasteiger partial charge >= 0.3 is 5.97 Å². The predicted octanol–water partition coefficient (Wildman–Crippen LogP) is 3.17. The molecule has 3 nitrogen and oxygen atoms in total. The summed E-state index contributed by atoms with van der Waals surface area (Å²) < 4.78 is 0. The standard InChI is InChI=1S/C14H21NO2S/c1-3-12-4-5-13(18-12)10(2)15-7-6-11(9-15)8-14(16)17/h4-5,10-11H,3,6-9H2,1-2H3,(H,16,17). The number of carboxylic acids is 1. The minimum absolute atomic E-state index is 0.313. The summed E-state index contributed by atoms with van der Waals surface area (Å²) in [5.74, 6) is -0.338. The van der Waals surface area contributed by atoms with Crippen LogP contribution in [0.2, 0.25) is 0 Å². The second kappa shape index (κ2) is 5.85. The molecule has 0 radical (unpaired) electrons. The van der Waals surface area contributed by atoms with Gasteiger partial charge in [-0.2, -0.15) is 0 Å². The fraction of sp³-hybridized carbons (Fsp3) is 0.643. The molecule has 1 saturated heterocycles. The van der Waals surface area contributed by atoms with Crippen molar-refractivity contribution in [2.45, 2.75) is 39.2 Å². The molecule has 1 aliphatic heterocycles. The lowest BCUT2D eigenvalue weighted by molar-refractivity contribution is -0.138. The summed E-state index contributed by atoms with van der Waals surface area (Å²) in [7, 11) is 0. The fourth-order valence-electron chi connectivity index (χ4n) is 2.62. The molecule has 0 aliphatic carbocycles. The highest BCUT2D eigenvalue weighted by Gasteiger charge is 2.28. The van der Waals surface area contributed by atoms with Crippen LogP contribution in [-0.4, -0.2) is 29.1 Å². The third-order valence-electron chi connectivity index (χ3n) is 3.77. The van der Waals surface area contributed by atoms with Gasteiger partial charge in [0, 0.05) is 28.8 Å². The van der Waals surface area contributed by atoms with E-state index in [4.69, 9.17) is 5.11 Å². The van der Waals surface area contributed by atoms with Gasteiger partial charge in [0.05, 0.1) is 0 Å². The Morgan fingerprint density at radius 1 is 1.61 bits per heavy atom. The van der Waals surface area contributed by atoms with Crippen LogP contribution in [0.4, 0.5) is 0 Å². The largest absolute Gasteiger partial charge is 0.481 e. The van der Waals surface area contributed by atoms with Crippen LogP contribution in [0.3, 0.4) is 0 Å². The molecule has 1 aliphatic rings. The van der Waals surface area contributed by atoms with E-state index in [-0.39, 0.29) is 0 Å². The van der Waals surface area contributed by atoms with E-state index in [2.05, 4.69) is 30.9 Å². The van der Waals surface area contributed by atoms with Crippen molar-refractivity contribution in [1.82, 2.24) is 4.90 Å². The van der Waals surface area contributed by atoms with Crippen molar-refractivity contribution in [2.75, 3.05) is 13.1 Å². The Balaban J connectivity index is 1.94. The molecular weight excluding hydrogens is 246 g/mol. The zero-order chi connectivity index (χ0) is 13.1. The van der Waals surface area contributed by atoms with Crippen LogP contribution < -0.4 is 0 Å². The van der Waals surface area contributed by atoms with E-state index in [0.717, 1.165) is 25.9 Å². The van der Waals surface area contributed by atoms with Gasteiger partial charge in [-0.1, -0.05) is 6.92 Å². The molecule has 1 aromatic rings. The Hall–Kier alpha value is -0.870. The van der Waals surface area contributed by atoms with E-state index in [0.29, 0.717) is 18.4 Å². The van der Waals surface area contributed by atoms with Crippen LogP contribution in [0.1, 0.15) is 42.5 Å². The van der Waals surface area contributed by atoms with Crippen molar-refractivity contribution in [2.24, 2.45) is 5.92 Å². The Bertz CT molecular complexity index is 416. The van der Waals surface area contributed by atoms with Gasteiger partial charge in [0.15, 0.2) is 0 Å². The minimum Gasteiger partial charge on any atom is -0.481 e. The molecule has 18 heavy (non-hydrogen) atoms. The van der Waals surface area contributed by atoms with E-state index in [1.807, 2.05) is 11.3 Å². The van der Waals surface area contributed by atoms with Crippen LogP contribution in [0.5, 0.6) is 0 Å². The second-order valence-electron chi connectivity index (χ2n) is 5.08. The highest BCUT2D eigenvalue weighted by molar-refractivity contribution is 7.12. The average molecular weight is 267 g/mol. The first-order valence-corrected chi connectivity index (χ1v) is 7.46. The molecule has 2 rings (SSSR count). The van der Waals surface area contributed by atoms with Crippen molar-refractivity contribution in [3.05, 3.63) is 21.9 Å². The number of carboxylic acid groups (broad SMARTS) is 1. The molecular formula is C14H21NO2S. The van der Waals surface area contributed by atoms with E-state index in [9.17, 15) is 4.79 Å². The van der Waals surface area contributed by atoms with Gasteiger partial charge in [-0.3, -0.25) is 9.69 Å². The first kappa shape index (κ1) is 13.6. The van der Waals surface area contributed by atoms with Crippen molar-refractivity contribution in [3.8, 4) is 0 Å². The molecule has 1 fully saturated rings. The smallest absolute Gasteiger partial charge is 0.303 e. The predicted molar refractivity (Wildman–Crippen MR) is 74.0 cm³/mol. The quantitative estimate of drug-likeness (QED) is 0.891. The Morgan fingerprint density at radius 3 is 3.00 bits per heavy atom. The number of nitrogens with zero attached hydrogens (tertiary/aromatic N) is 1. The minimum atomic E-state index is -0.668. The number of rotatable bonds is 5. The van der Waals surface area contributed by atoms with E-state index < -0.39 is 5.97 Å². The topological polar surface area (TPSA) is 40.5 Å². The summed E-state index contributed by atoms with van der Waals surface area (Å²) in [6, 6.07) is 4.86. The lowest BCUT2D eigenvalue weighted by Gasteiger charge is -2.23. The molecule has 2 heterocycles. The van der Waals surface area contributed by atoms with Crippen LogP contribution in [0.15, 0.2) is 12.1 Å². The van der Waals surface area contributed by atoms with Gasteiger partial charge in [0.25, 0.3) is 0 Å². The van der Waals surface area contributed by atoms with Crippen LogP contribution in [0, 0.1) is 5.92 Å². The second-order valence-corrected chi connectivity index (χ2v) is 6.28. The van der Waals surface area contributed by atoms with Crippen LogP contribution in [-0.2, 0) is 11.2 Å². The SMILES string of the molecule is CCc1ccc(C(C)N2CCC(CC(=O)O)C2)s1. The third kappa shape index (κ3) is 3.12. The molecule has 2 unspecified atom stereocenters. The number of carbonyl (C=O) groups is 1. The molecule has 0 spiro atoms. The Labute approximate surface area is 112 Å². The van der Waals surface area contributed by atoms with Gasteiger partial charge in [0.2, 0.25) is 0 Å². The molecule has 0 aromatic carbocycles. The number of aryl methyl sites for hydroxylation is 1. The summed E-state index contributed by atoms with van der Waals surface area (Å²) in [5, 5.41) is 8.83. The number of hydrogen-bond acceptors (Lipinski definition) is 3. The monoisotopic (exact) mass is 267 g/mol. The highest BCUT2D eigenvalue weighted by Crippen LogP contribution is 2.32. The first-order chi connectivity index (χ1) is 8.60. The lowest BCUT2D eigenvalue weighted by atomic mass is 10.1. The number of aliphatic carboxylic acids is 1. The molecule has 4 heteroatoms. The van der Waals surface area contributed by atoms with Crippen LogP contribution in [0.25, 0.3) is 0 Å². The fourth-order valence-corrected chi connectivity index (χ4v) is 3.66. The number of thiophene rings is 1. The Kier molecular flexibility index (Phi) is 4.40. The summed E-state index contributed by atoms with van der Waals surface area (Å²) >= 11 is 1.88. The number of likely N-dealkylation sites (tertiary alicyclic amines) is 1. The third-order valence-corrected chi connectivity index (χ3v) is 5.17. The summed E-state index contributed by atoms with van der Waals surface area (Å²) in [6.45, 7) is 6.36. The molecule has 1 N–H and O–H groups in total. The summed E-state index contributed by atoms with van der Waals surface area (Å²) in [4.78, 5) is 16.0. The van der Waals surface area contributed by atoms with Gasteiger partial charge in [0.1, 0.15) is 0 Å². The van der Waals surface area contributed by atoms with Gasteiger partial charge < -0.3 is 5.11 Å². The molecule has 2 atom stereocenters. The van der Waals surface area contributed by atoms with Crippen molar-refractivity contribution < 1.29 is 9.90 Å². The molecule has 0 amide bonds. The van der Waals surface area contributed by atoms with Crippen molar-refractivity contribution >= 4 is 17.3 Å². The molecule has 0 saturated carbocycles. The van der Waals surface area contributed by atoms with Gasteiger partial charge in [-0.15, -0.1) is 11.3 Å². The lowest BCUT2D eigenvalue weighted by Crippen LogP contribution is -2.24. The number of hydrogen-bond donors (Lipinski definition) is 1. The average Bonchev–Trinajstić information content (AvgIpc) is 2.95. The highest BCUT2D eigenvalue weighted by atomic mass is 32.1. The zero-order valence-corrected chi connectivity index (χ0v) is 11.9. The van der Waals surface area contributed by atoms with E-state index in [1.54, 1.807) is 0 Å². The molecule has 1 aromatic heterocycles. The first-order valence-electron chi connectivity index (χ1n) is 6.64. The van der Waals surface area contributed by atoms with Crippen LogP contribution >= 0.6 is 11.3 Å². The van der Waals surface area contributed by atoms with E-state index in [1.165, 1.54) is 9.75 Å². The molecule has 0 bridgehead atoms. The maximum Gasteiger partial charge on any atom is 0.303 e. The van der Waals surface area contributed by atoms with Gasteiger partial charge in [-0.25, -0.2) is 0 Å². The molecule has 100 valence electrons.